The second kappa shape index (κ2) is 9.38. The molecule has 0 fully saturated rings. The molecule has 0 spiro atoms. The van der Waals surface area contributed by atoms with Crippen molar-refractivity contribution >= 4 is 17.2 Å². The quantitative estimate of drug-likeness (QED) is 0.299. The number of pyridine rings is 1. The van der Waals surface area contributed by atoms with E-state index in [1.807, 2.05) is 0 Å². The molecule has 5 aromatic heterocycles. The number of halogens is 5. The lowest BCUT2D eigenvalue weighted by Gasteiger charge is -2.24. The Kier molecular flexibility index (Phi) is 6.04. The smallest absolute Gasteiger partial charge is 0.324 e. The van der Waals surface area contributed by atoms with Crippen LogP contribution in [-0.2, 0) is 16.4 Å². The highest BCUT2D eigenvalue weighted by Crippen LogP contribution is 2.49. The molecule has 0 radical (unpaired) electrons. The van der Waals surface area contributed by atoms with Crippen LogP contribution in [0.3, 0.4) is 0 Å². The number of alkyl halides is 5. The summed E-state index contributed by atoms with van der Waals surface area (Å²) in [5, 5.41) is 11.1. The first-order chi connectivity index (χ1) is 19.5. The number of amides is 1. The van der Waals surface area contributed by atoms with Crippen LogP contribution in [0, 0.1) is 6.92 Å². The van der Waals surface area contributed by atoms with Crippen LogP contribution >= 0.6 is 0 Å². The van der Waals surface area contributed by atoms with Crippen molar-refractivity contribution in [2.24, 2.45) is 0 Å². The van der Waals surface area contributed by atoms with Crippen LogP contribution in [0.5, 0.6) is 0 Å². The minimum atomic E-state index is -4.81. The number of rotatable bonds is 5. The Morgan fingerprint density at radius 2 is 1.85 bits per heavy atom. The van der Waals surface area contributed by atoms with Crippen molar-refractivity contribution in [1.82, 2.24) is 39.3 Å². The highest BCUT2D eigenvalue weighted by atomic mass is 19.4. The SMILES string of the molecule is Cc1cc2ncc3c(n2n1)[C@@](C)(c1ccn(C(F)F)n1)C[C@H]3C(=O)Nc1cnc(-c2ncccn2)c(C(F)(F)F)c1. The van der Waals surface area contributed by atoms with Gasteiger partial charge in [0.25, 0.3) is 0 Å². The van der Waals surface area contributed by atoms with Crippen molar-refractivity contribution in [3.05, 3.63) is 83.5 Å². The van der Waals surface area contributed by atoms with Crippen LogP contribution in [0.2, 0.25) is 0 Å². The van der Waals surface area contributed by atoms with Gasteiger partial charge in [0.05, 0.1) is 45.9 Å². The number of fused-ring (bicyclic) bond motifs is 3. The van der Waals surface area contributed by atoms with Gasteiger partial charge < -0.3 is 5.32 Å². The molecule has 0 saturated heterocycles. The van der Waals surface area contributed by atoms with Gasteiger partial charge in [-0.1, -0.05) is 0 Å². The first kappa shape index (κ1) is 26.4. The van der Waals surface area contributed by atoms with E-state index in [4.69, 9.17) is 0 Å². The van der Waals surface area contributed by atoms with E-state index < -0.39 is 41.2 Å². The van der Waals surface area contributed by atoms with E-state index in [1.165, 1.54) is 30.7 Å². The summed E-state index contributed by atoms with van der Waals surface area (Å²) in [4.78, 5) is 29.6. The molecular weight excluding hydrogens is 549 g/mol. The van der Waals surface area contributed by atoms with Crippen LogP contribution in [-0.4, -0.2) is 45.2 Å². The maximum Gasteiger partial charge on any atom is 0.418 e. The molecule has 1 aliphatic rings. The molecule has 0 saturated carbocycles. The summed E-state index contributed by atoms with van der Waals surface area (Å²) < 4.78 is 70.7. The lowest BCUT2D eigenvalue weighted by atomic mass is 9.82. The highest BCUT2D eigenvalue weighted by molar-refractivity contribution is 5.97. The van der Waals surface area contributed by atoms with Gasteiger partial charge in [0, 0.05) is 36.4 Å². The van der Waals surface area contributed by atoms with Crippen LogP contribution in [0.4, 0.5) is 27.6 Å². The molecule has 0 unspecified atom stereocenters. The molecule has 6 rings (SSSR count). The molecule has 0 bridgehead atoms. The standard InChI is InChI=1S/C26H20F5N9O/c1-13-8-19-34-12-16-15(10-25(2,21(16)40(19)37-13)18-4-7-39(38-18)24(27)28)23(41)36-14-9-17(26(29,30)31)20(35-11-14)22-32-5-3-6-33-22/h3-9,11-12,15,24H,10H2,1-2H3,(H,36,41)/t15-,25-/m1/s1. The summed E-state index contributed by atoms with van der Waals surface area (Å²) in [5.74, 6) is -1.77. The number of hydrogen-bond donors (Lipinski definition) is 1. The summed E-state index contributed by atoms with van der Waals surface area (Å²) in [7, 11) is 0. The van der Waals surface area contributed by atoms with Gasteiger partial charge in [0.15, 0.2) is 11.5 Å². The molecule has 1 aliphatic carbocycles. The van der Waals surface area contributed by atoms with E-state index >= 15 is 0 Å². The van der Waals surface area contributed by atoms with Crippen LogP contribution in [0.15, 0.2) is 55.2 Å². The van der Waals surface area contributed by atoms with Gasteiger partial charge in [-0.3, -0.25) is 9.78 Å². The first-order valence-corrected chi connectivity index (χ1v) is 12.3. The number of anilines is 1. The number of aryl methyl sites for hydroxylation is 1. The third kappa shape index (κ3) is 4.46. The minimum absolute atomic E-state index is 0.0730. The average Bonchev–Trinajstić information content (AvgIpc) is 3.64. The average molecular weight is 569 g/mol. The van der Waals surface area contributed by atoms with Crippen LogP contribution in [0.1, 0.15) is 54.0 Å². The summed E-state index contributed by atoms with van der Waals surface area (Å²) in [5.41, 5.74) is -0.456. The first-order valence-electron chi connectivity index (χ1n) is 12.3. The molecule has 1 N–H and O–H groups in total. The molecule has 0 aromatic carbocycles. The Balaban J connectivity index is 1.40. The lowest BCUT2D eigenvalue weighted by Crippen LogP contribution is -2.26. The Hall–Kier alpha value is -4.82. The van der Waals surface area contributed by atoms with Gasteiger partial charge in [0.1, 0.15) is 5.69 Å². The molecule has 5 heterocycles. The highest BCUT2D eigenvalue weighted by Gasteiger charge is 2.48. The Labute approximate surface area is 228 Å². The zero-order valence-electron chi connectivity index (χ0n) is 21.4. The molecular formula is C26H20F5N9O. The number of hydrogen-bond acceptors (Lipinski definition) is 7. The van der Waals surface area contributed by atoms with Crippen molar-refractivity contribution in [1.29, 1.82) is 0 Å². The number of nitrogens with one attached hydrogen (secondary N) is 1. The van der Waals surface area contributed by atoms with E-state index in [0.717, 1.165) is 18.5 Å². The minimum Gasteiger partial charge on any atom is -0.324 e. The summed E-state index contributed by atoms with van der Waals surface area (Å²) in [6, 6.07) is 5.41. The maximum atomic E-state index is 14.0. The van der Waals surface area contributed by atoms with Gasteiger partial charge in [-0.05, 0) is 38.5 Å². The summed E-state index contributed by atoms with van der Waals surface area (Å²) >= 11 is 0. The molecule has 210 valence electrons. The molecule has 10 nitrogen and oxygen atoms in total. The monoisotopic (exact) mass is 569 g/mol. The topological polar surface area (TPSA) is 116 Å². The van der Waals surface area contributed by atoms with Gasteiger partial charge in [0.2, 0.25) is 5.91 Å². The fraction of sp³-hybridized carbons (Fsp3) is 0.269. The number of carbonyl (C=O) groups is 1. The maximum absolute atomic E-state index is 14.0. The summed E-state index contributed by atoms with van der Waals surface area (Å²) in [6.45, 7) is 0.653. The summed E-state index contributed by atoms with van der Waals surface area (Å²) in [6.07, 6.45) is 1.60. The second-order valence-corrected chi connectivity index (χ2v) is 9.84. The molecule has 5 aromatic rings. The number of aromatic nitrogens is 8. The third-order valence-electron chi connectivity index (χ3n) is 7.07. The van der Waals surface area contributed by atoms with E-state index in [0.29, 0.717) is 27.3 Å². The molecule has 41 heavy (non-hydrogen) atoms. The van der Waals surface area contributed by atoms with Gasteiger partial charge in [-0.2, -0.15) is 32.1 Å². The van der Waals surface area contributed by atoms with Gasteiger partial charge >= 0.3 is 12.7 Å². The van der Waals surface area contributed by atoms with Crippen LogP contribution < -0.4 is 5.32 Å². The zero-order valence-corrected chi connectivity index (χ0v) is 21.4. The number of nitrogens with zero attached hydrogens (tertiary/aromatic N) is 8. The fourth-order valence-electron chi connectivity index (χ4n) is 5.26. The van der Waals surface area contributed by atoms with Crippen molar-refractivity contribution in [3.63, 3.8) is 0 Å². The van der Waals surface area contributed by atoms with E-state index in [1.54, 1.807) is 24.4 Å². The normalized spacial score (nSPS) is 18.7. The fourth-order valence-corrected chi connectivity index (χ4v) is 5.26. The Morgan fingerprint density at radius 3 is 2.54 bits per heavy atom. The van der Waals surface area contributed by atoms with Crippen molar-refractivity contribution in [2.45, 2.75) is 44.3 Å². The molecule has 2 atom stereocenters. The van der Waals surface area contributed by atoms with Gasteiger partial charge in [-0.15, -0.1) is 0 Å². The largest absolute Gasteiger partial charge is 0.418 e. The van der Waals surface area contributed by atoms with Crippen LogP contribution in [0.25, 0.3) is 17.2 Å². The molecule has 15 heteroatoms. The van der Waals surface area contributed by atoms with E-state index in [9.17, 15) is 26.7 Å². The molecule has 1 amide bonds. The van der Waals surface area contributed by atoms with Crippen molar-refractivity contribution in [3.8, 4) is 11.5 Å². The van der Waals surface area contributed by atoms with E-state index in [2.05, 4.69) is 35.5 Å². The predicted molar refractivity (Wildman–Crippen MR) is 134 cm³/mol. The van der Waals surface area contributed by atoms with Crippen molar-refractivity contribution in [2.75, 3.05) is 5.32 Å². The Bertz CT molecular complexity index is 1780. The van der Waals surface area contributed by atoms with E-state index in [-0.39, 0.29) is 23.6 Å². The Morgan fingerprint density at radius 1 is 1.10 bits per heavy atom. The number of carbonyl (C=O) groups excluding carboxylic acids is 1. The third-order valence-corrected chi connectivity index (χ3v) is 7.07. The van der Waals surface area contributed by atoms with Crippen molar-refractivity contribution < 1.29 is 26.7 Å². The lowest BCUT2D eigenvalue weighted by molar-refractivity contribution is -0.137. The zero-order chi connectivity index (χ0) is 29.1. The van der Waals surface area contributed by atoms with Gasteiger partial charge in [-0.25, -0.2) is 24.1 Å². The second-order valence-electron chi connectivity index (χ2n) is 9.84. The molecule has 0 aliphatic heterocycles. The predicted octanol–water partition coefficient (Wildman–Crippen LogP) is 4.93.